The summed E-state index contributed by atoms with van der Waals surface area (Å²) in [4.78, 5) is 31.8. The number of aryl methyl sites for hydroxylation is 2. The zero-order valence-electron chi connectivity index (χ0n) is 18.2. The summed E-state index contributed by atoms with van der Waals surface area (Å²) in [5, 5.41) is 9.98. The van der Waals surface area contributed by atoms with Crippen LogP contribution < -0.4 is 5.32 Å². The van der Waals surface area contributed by atoms with Gasteiger partial charge in [0.1, 0.15) is 6.04 Å². The number of carbonyl (C=O) groups is 2. The summed E-state index contributed by atoms with van der Waals surface area (Å²) in [5.41, 5.74) is 3.38. The second kappa shape index (κ2) is 9.32. The van der Waals surface area contributed by atoms with Gasteiger partial charge in [0.05, 0.1) is 33.8 Å². The molecule has 4 rings (SSSR count). The van der Waals surface area contributed by atoms with E-state index >= 15 is 0 Å². The van der Waals surface area contributed by atoms with Crippen LogP contribution in [0.5, 0.6) is 0 Å². The van der Waals surface area contributed by atoms with E-state index in [2.05, 4.69) is 10.4 Å². The number of aromatic nitrogens is 3. The number of ether oxygens (including phenoxy) is 1. The molecule has 8 heteroatoms. The molecule has 0 bridgehead atoms. The Morgan fingerprint density at radius 3 is 2.66 bits per heavy atom. The first-order chi connectivity index (χ1) is 15.5. The Labute approximate surface area is 190 Å². The Bertz CT molecular complexity index is 1250. The lowest BCUT2D eigenvalue weighted by molar-refractivity contribution is -0.145. The normalized spacial score (nSPS) is 12.0. The van der Waals surface area contributed by atoms with Crippen molar-refractivity contribution in [2.24, 2.45) is 7.05 Å². The molecule has 0 saturated carbocycles. The number of hydrogen-bond acceptors (Lipinski definition) is 6. The van der Waals surface area contributed by atoms with Crippen LogP contribution in [0.3, 0.4) is 0 Å². The number of esters is 1. The number of nitrogens with one attached hydrogen (secondary N) is 1. The minimum atomic E-state index is -0.810. The maximum atomic E-state index is 13.5. The van der Waals surface area contributed by atoms with Crippen LogP contribution in [-0.4, -0.2) is 39.3 Å². The molecule has 164 valence electrons. The zero-order chi connectivity index (χ0) is 22.7. The van der Waals surface area contributed by atoms with Gasteiger partial charge in [0.2, 0.25) is 0 Å². The Morgan fingerprint density at radius 1 is 1.19 bits per heavy atom. The third-order valence-corrected chi connectivity index (χ3v) is 6.04. The van der Waals surface area contributed by atoms with Gasteiger partial charge in [0.15, 0.2) is 5.65 Å². The number of nitrogens with zero attached hydrogens (tertiary/aromatic N) is 3. The van der Waals surface area contributed by atoms with Crippen molar-refractivity contribution in [3.05, 3.63) is 70.7 Å². The largest absolute Gasteiger partial charge is 0.464 e. The van der Waals surface area contributed by atoms with E-state index in [4.69, 9.17) is 9.72 Å². The van der Waals surface area contributed by atoms with Crippen LogP contribution in [0.25, 0.3) is 21.6 Å². The maximum absolute atomic E-state index is 13.5. The standard InChI is InChI=1S/C24H24N4O3S/c1-4-31-24(30)19(13-16-9-6-5-7-10-16)26-23(29)17-14-18(20-11-8-12-32-20)25-22-21(17)15(2)27-28(22)3/h5-12,14,19H,4,13H2,1-3H3,(H,26,29). The first-order valence-electron chi connectivity index (χ1n) is 10.4. The van der Waals surface area contributed by atoms with Crippen molar-refractivity contribution in [1.29, 1.82) is 0 Å². The highest BCUT2D eigenvalue weighted by Gasteiger charge is 2.26. The highest BCUT2D eigenvalue weighted by atomic mass is 32.1. The Balaban J connectivity index is 1.73. The number of fused-ring (bicyclic) bond motifs is 1. The lowest BCUT2D eigenvalue weighted by atomic mass is 10.0. The number of hydrogen-bond donors (Lipinski definition) is 1. The van der Waals surface area contributed by atoms with E-state index < -0.39 is 12.0 Å². The van der Waals surface area contributed by atoms with Crippen molar-refractivity contribution in [3.63, 3.8) is 0 Å². The van der Waals surface area contributed by atoms with Crippen LogP contribution in [0, 0.1) is 6.92 Å². The van der Waals surface area contributed by atoms with Crippen LogP contribution in [0.15, 0.2) is 53.9 Å². The molecule has 1 N–H and O–H groups in total. The number of pyridine rings is 1. The highest BCUT2D eigenvalue weighted by Crippen LogP contribution is 2.29. The Hall–Kier alpha value is -3.52. The summed E-state index contributed by atoms with van der Waals surface area (Å²) >= 11 is 1.55. The van der Waals surface area contributed by atoms with Crippen molar-refractivity contribution in [3.8, 4) is 10.6 Å². The van der Waals surface area contributed by atoms with E-state index in [-0.39, 0.29) is 12.5 Å². The number of rotatable bonds is 7. The van der Waals surface area contributed by atoms with E-state index in [1.165, 1.54) is 0 Å². The maximum Gasteiger partial charge on any atom is 0.328 e. The van der Waals surface area contributed by atoms with Crippen molar-refractivity contribution in [2.45, 2.75) is 26.3 Å². The first-order valence-corrected chi connectivity index (χ1v) is 11.3. The summed E-state index contributed by atoms with van der Waals surface area (Å²) in [5.74, 6) is -0.823. The minimum Gasteiger partial charge on any atom is -0.464 e. The molecule has 7 nitrogen and oxygen atoms in total. The molecule has 0 aliphatic carbocycles. The lowest BCUT2D eigenvalue weighted by Gasteiger charge is -2.18. The SMILES string of the molecule is CCOC(=O)C(Cc1ccccc1)NC(=O)c1cc(-c2cccs2)nc2c1c(C)nn2C. The summed E-state index contributed by atoms with van der Waals surface area (Å²) in [6.45, 7) is 3.83. The summed E-state index contributed by atoms with van der Waals surface area (Å²) in [6, 6.07) is 14.4. The number of carbonyl (C=O) groups excluding carboxylic acids is 2. The third-order valence-electron chi connectivity index (χ3n) is 5.15. The fraction of sp³-hybridized carbons (Fsp3) is 0.250. The van der Waals surface area contributed by atoms with E-state index in [1.54, 1.807) is 36.1 Å². The van der Waals surface area contributed by atoms with Gasteiger partial charge in [-0.2, -0.15) is 5.10 Å². The van der Waals surface area contributed by atoms with Gasteiger partial charge < -0.3 is 10.1 Å². The van der Waals surface area contributed by atoms with Gasteiger partial charge in [0, 0.05) is 13.5 Å². The van der Waals surface area contributed by atoms with Gasteiger partial charge in [-0.25, -0.2) is 9.78 Å². The molecule has 0 spiro atoms. The van der Waals surface area contributed by atoms with Crippen molar-refractivity contribution in [2.75, 3.05) is 6.61 Å². The molecule has 3 aromatic heterocycles. The average molecular weight is 449 g/mol. The molecular weight excluding hydrogens is 424 g/mol. The third kappa shape index (κ3) is 4.40. The quantitative estimate of drug-likeness (QED) is 0.433. The van der Waals surface area contributed by atoms with E-state index in [0.29, 0.717) is 34.4 Å². The van der Waals surface area contributed by atoms with Gasteiger partial charge in [-0.15, -0.1) is 11.3 Å². The number of amides is 1. The monoisotopic (exact) mass is 448 g/mol. The topological polar surface area (TPSA) is 86.1 Å². The van der Waals surface area contributed by atoms with Crippen molar-refractivity contribution < 1.29 is 14.3 Å². The molecule has 32 heavy (non-hydrogen) atoms. The highest BCUT2D eigenvalue weighted by molar-refractivity contribution is 7.13. The Morgan fingerprint density at radius 2 is 1.97 bits per heavy atom. The molecule has 0 fully saturated rings. The average Bonchev–Trinajstić information content (AvgIpc) is 3.42. The predicted molar refractivity (Wildman–Crippen MR) is 125 cm³/mol. The van der Waals surface area contributed by atoms with Gasteiger partial charge in [-0.05, 0) is 36.9 Å². The molecule has 4 aromatic rings. The van der Waals surface area contributed by atoms with Crippen molar-refractivity contribution in [1.82, 2.24) is 20.1 Å². The molecule has 1 atom stereocenters. The predicted octanol–water partition coefficient (Wildman–Crippen LogP) is 3.91. The summed E-state index contributed by atoms with van der Waals surface area (Å²) in [6.07, 6.45) is 0.337. The van der Waals surface area contributed by atoms with E-state index in [0.717, 1.165) is 10.4 Å². The molecular formula is C24H24N4O3S. The molecule has 3 heterocycles. The number of benzene rings is 1. The van der Waals surface area contributed by atoms with Crippen LogP contribution in [0.2, 0.25) is 0 Å². The Kier molecular flexibility index (Phi) is 6.32. The minimum absolute atomic E-state index is 0.240. The first kappa shape index (κ1) is 21.7. The molecule has 0 radical (unpaired) electrons. The molecule has 1 amide bonds. The van der Waals surface area contributed by atoms with Gasteiger partial charge >= 0.3 is 5.97 Å². The van der Waals surface area contributed by atoms with Crippen LogP contribution >= 0.6 is 11.3 Å². The number of thiophene rings is 1. The van der Waals surface area contributed by atoms with Crippen LogP contribution in [0.4, 0.5) is 0 Å². The van der Waals surface area contributed by atoms with E-state index in [9.17, 15) is 9.59 Å². The second-order valence-electron chi connectivity index (χ2n) is 7.41. The van der Waals surface area contributed by atoms with Gasteiger partial charge in [-0.3, -0.25) is 9.48 Å². The van der Waals surface area contributed by atoms with Gasteiger partial charge in [0.25, 0.3) is 5.91 Å². The van der Waals surface area contributed by atoms with Crippen LogP contribution in [0.1, 0.15) is 28.5 Å². The fourth-order valence-corrected chi connectivity index (χ4v) is 4.38. The molecule has 0 aliphatic rings. The molecule has 1 unspecified atom stereocenters. The zero-order valence-corrected chi connectivity index (χ0v) is 19.0. The van der Waals surface area contributed by atoms with Gasteiger partial charge in [-0.1, -0.05) is 36.4 Å². The molecule has 1 aromatic carbocycles. The fourth-order valence-electron chi connectivity index (χ4n) is 3.70. The second-order valence-corrected chi connectivity index (χ2v) is 8.36. The van der Waals surface area contributed by atoms with Crippen molar-refractivity contribution >= 4 is 34.2 Å². The lowest BCUT2D eigenvalue weighted by Crippen LogP contribution is -2.43. The van der Waals surface area contributed by atoms with E-state index in [1.807, 2.05) is 54.8 Å². The summed E-state index contributed by atoms with van der Waals surface area (Å²) in [7, 11) is 1.80. The summed E-state index contributed by atoms with van der Waals surface area (Å²) < 4.78 is 6.90. The molecule has 0 saturated heterocycles. The molecule has 0 aliphatic heterocycles. The van der Waals surface area contributed by atoms with Crippen LogP contribution in [-0.2, 0) is 23.0 Å². The smallest absolute Gasteiger partial charge is 0.328 e.